The van der Waals surface area contributed by atoms with E-state index in [0.29, 0.717) is 12.8 Å². The van der Waals surface area contributed by atoms with E-state index in [0.717, 1.165) is 0 Å². The maximum absolute atomic E-state index is 5.28. The van der Waals surface area contributed by atoms with Gasteiger partial charge >= 0.3 is 0 Å². The van der Waals surface area contributed by atoms with Gasteiger partial charge < -0.3 is 4.65 Å². The van der Waals surface area contributed by atoms with Gasteiger partial charge in [-0.2, -0.15) is 0 Å². The summed E-state index contributed by atoms with van der Waals surface area (Å²) in [5.74, 6) is 0.669. The molecule has 0 atom stereocenters. The topological polar surface area (TPSA) is 9.23 Å². The summed E-state index contributed by atoms with van der Waals surface area (Å²) in [7, 11) is 1.77. The molecule has 0 fully saturated rings. The van der Waals surface area contributed by atoms with Crippen molar-refractivity contribution in [3.63, 3.8) is 0 Å². The summed E-state index contributed by atoms with van der Waals surface area (Å²) in [5, 5.41) is 0.286. The quantitative estimate of drug-likeness (QED) is 0.550. The van der Waals surface area contributed by atoms with Gasteiger partial charge in [-0.1, -0.05) is 34.5 Å². The van der Waals surface area contributed by atoms with Gasteiger partial charge in [0.15, 0.2) is 0 Å². The lowest BCUT2D eigenvalue weighted by Crippen LogP contribution is -2.31. The lowest BCUT2D eigenvalue weighted by molar-refractivity contribution is 0.351. The molecule has 0 radical (unpaired) electrons. The van der Waals surface area contributed by atoms with Crippen LogP contribution in [0.3, 0.4) is 0 Å². The molecule has 0 unspecified atom stereocenters. The second kappa shape index (κ2) is 3.43. The highest BCUT2D eigenvalue weighted by Gasteiger charge is 2.32. The maximum atomic E-state index is 5.28. The van der Waals surface area contributed by atoms with Crippen LogP contribution in [0.1, 0.15) is 27.7 Å². The molecule has 0 bridgehead atoms. The van der Waals surface area contributed by atoms with E-state index in [4.69, 9.17) is 4.65 Å². The van der Waals surface area contributed by atoms with E-state index in [1.165, 1.54) is 0 Å². The number of hydrogen-bond acceptors (Lipinski definition) is 1. The van der Waals surface area contributed by atoms with Crippen LogP contribution in [0.2, 0.25) is 12.1 Å². The Kier molecular flexibility index (Phi) is 3.43. The summed E-state index contributed by atoms with van der Waals surface area (Å²) in [6.07, 6.45) is 0. The zero-order valence-electron chi connectivity index (χ0n) is 8.06. The first kappa shape index (κ1) is 10.0. The van der Waals surface area contributed by atoms with Gasteiger partial charge in [0.25, 0.3) is 6.92 Å². The van der Waals surface area contributed by atoms with Crippen molar-refractivity contribution in [1.29, 1.82) is 0 Å². The standard InChI is InChI=1S/C8H19BO/c1-7(2)8(3,4)9(5)10-6/h7H,1-6H3. The number of hydrogen-bond donors (Lipinski definition) is 0. The third-order valence-electron chi connectivity index (χ3n) is 2.89. The molecule has 1 nitrogen and oxygen atoms in total. The van der Waals surface area contributed by atoms with Crippen LogP contribution < -0.4 is 0 Å². The largest absolute Gasteiger partial charge is 0.438 e. The van der Waals surface area contributed by atoms with Crippen molar-refractivity contribution in [2.24, 2.45) is 5.92 Å². The van der Waals surface area contributed by atoms with E-state index < -0.39 is 0 Å². The van der Waals surface area contributed by atoms with Crippen molar-refractivity contribution < 1.29 is 4.65 Å². The average molecular weight is 142 g/mol. The van der Waals surface area contributed by atoms with Crippen molar-refractivity contribution >= 4 is 6.92 Å². The van der Waals surface area contributed by atoms with Gasteiger partial charge in [-0.05, 0) is 11.2 Å². The van der Waals surface area contributed by atoms with Crippen LogP contribution in [0.5, 0.6) is 0 Å². The van der Waals surface area contributed by atoms with E-state index in [1.807, 2.05) is 0 Å². The SMILES string of the molecule is COB(C)C(C)(C)C(C)C. The zero-order chi connectivity index (χ0) is 8.36. The molecule has 0 saturated heterocycles. The highest BCUT2D eigenvalue weighted by atomic mass is 16.4. The lowest BCUT2D eigenvalue weighted by atomic mass is 9.45. The molecule has 0 spiro atoms. The minimum Gasteiger partial charge on any atom is -0.438 e. The van der Waals surface area contributed by atoms with Gasteiger partial charge in [-0.25, -0.2) is 0 Å². The molecular weight excluding hydrogens is 123 g/mol. The van der Waals surface area contributed by atoms with Gasteiger partial charge in [0.2, 0.25) is 0 Å². The fraction of sp³-hybridized carbons (Fsp3) is 1.00. The van der Waals surface area contributed by atoms with E-state index in [-0.39, 0.29) is 5.31 Å². The second-order valence-corrected chi connectivity index (χ2v) is 3.85. The first-order chi connectivity index (χ1) is 4.42. The van der Waals surface area contributed by atoms with E-state index in [9.17, 15) is 0 Å². The second-order valence-electron chi connectivity index (χ2n) is 3.85. The predicted octanol–water partition coefficient (Wildman–Crippen LogP) is 2.69. The minimum atomic E-state index is 0.286. The minimum absolute atomic E-state index is 0.286. The summed E-state index contributed by atoms with van der Waals surface area (Å²) in [4.78, 5) is 0. The van der Waals surface area contributed by atoms with Crippen LogP contribution >= 0.6 is 0 Å². The van der Waals surface area contributed by atoms with Gasteiger partial charge in [0, 0.05) is 7.11 Å². The molecule has 0 aromatic rings. The summed E-state index contributed by atoms with van der Waals surface area (Å²) >= 11 is 0. The predicted molar refractivity (Wildman–Crippen MR) is 47.5 cm³/mol. The van der Waals surface area contributed by atoms with Gasteiger partial charge in [-0.15, -0.1) is 0 Å². The molecule has 0 aliphatic carbocycles. The Morgan fingerprint density at radius 2 is 1.70 bits per heavy atom. The Balaban J connectivity index is 4.09. The smallest absolute Gasteiger partial charge is 0.295 e. The first-order valence-electron chi connectivity index (χ1n) is 3.95. The van der Waals surface area contributed by atoms with Crippen molar-refractivity contribution in [2.45, 2.75) is 39.8 Å². The fourth-order valence-corrected chi connectivity index (χ4v) is 0.773. The van der Waals surface area contributed by atoms with E-state index >= 15 is 0 Å². The molecule has 0 aliphatic heterocycles. The van der Waals surface area contributed by atoms with E-state index in [1.54, 1.807) is 7.11 Å². The monoisotopic (exact) mass is 142 g/mol. The van der Waals surface area contributed by atoms with Crippen LogP contribution in [0.4, 0.5) is 0 Å². The number of rotatable bonds is 3. The van der Waals surface area contributed by atoms with Crippen LogP contribution in [-0.4, -0.2) is 14.0 Å². The molecule has 0 heterocycles. The van der Waals surface area contributed by atoms with Gasteiger partial charge in [0.1, 0.15) is 0 Å². The van der Waals surface area contributed by atoms with Crippen LogP contribution in [0.25, 0.3) is 0 Å². The normalized spacial score (nSPS) is 12.3. The van der Waals surface area contributed by atoms with Crippen molar-refractivity contribution in [3.8, 4) is 0 Å². The lowest BCUT2D eigenvalue weighted by Gasteiger charge is -2.31. The Bertz CT molecular complexity index is 99.4. The highest BCUT2D eigenvalue weighted by molar-refractivity contribution is 6.53. The third-order valence-corrected chi connectivity index (χ3v) is 2.89. The first-order valence-corrected chi connectivity index (χ1v) is 3.95. The maximum Gasteiger partial charge on any atom is 0.295 e. The van der Waals surface area contributed by atoms with Gasteiger partial charge in [0.05, 0.1) is 0 Å². The Labute approximate surface area is 65.3 Å². The molecule has 0 aliphatic rings. The summed E-state index contributed by atoms with van der Waals surface area (Å²) in [6.45, 7) is 11.4. The molecule has 0 rings (SSSR count). The molecular formula is C8H19BO. The van der Waals surface area contributed by atoms with E-state index in [2.05, 4.69) is 34.5 Å². The molecule has 0 aromatic heterocycles. The molecule has 0 amide bonds. The Hall–Kier alpha value is 0.0249. The van der Waals surface area contributed by atoms with Crippen molar-refractivity contribution in [3.05, 3.63) is 0 Å². The molecule has 0 N–H and O–H groups in total. The van der Waals surface area contributed by atoms with Crippen LogP contribution in [0, 0.1) is 5.92 Å². The third kappa shape index (κ3) is 2.01. The van der Waals surface area contributed by atoms with Gasteiger partial charge in [-0.3, -0.25) is 0 Å². The fourth-order valence-electron chi connectivity index (χ4n) is 0.773. The van der Waals surface area contributed by atoms with Crippen molar-refractivity contribution in [2.75, 3.05) is 7.11 Å². The Morgan fingerprint density at radius 3 is 1.80 bits per heavy atom. The molecule has 0 aromatic carbocycles. The highest BCUT2D eigenvalue weighted by Crippen LogP contribution is 2.37. The zero-order valence-corrected chi connectivity index (χ0v) is 8.06. The summed E-state index contributed by atoms with van der Waals surface area (Å²) in [6, 6.07) is 0. The Morgan fingerprint density at radius 1 is 1.30 bits per heavy atom. The average Bonchev–Trinajstić information content (AvgIpc) is 1.86. The molecule has 0 saturated carbocycles. The van der Waals surface area contributed by atoms with Crippen molar-refractivity contribution in [1.82, 2.24) is 0 Å². The van der Waals surface area contributed by atoms with Crippen LogP contribution in [-0.2, 0) is 4.65 Å². The molecule has 2 heteroatoms. The molecule has 60 valence electrons. The summed E-state index contributed by atoms with van der Waals surface area (Å²) < 4.78 is 5.28. The summed E-state index contributed by atoms with van der Waals surface area (Å²) in [5.41, 5.74) is 0. The van der Waals surface area contributed by atoms with Crippen LogP contribution in [0.15, 0.2) is 0 Å². The molecule has 10 heavy (non-hydrogen) atoms.